The number of hydrogen-bond donors (Lipinski definition) is 3. The van der Waals surface area contributed by atoms with E-state index in [0.29, 0.717) is 23.2 Å². The minimum absolute atomic E-state index is 0.0425. The number of anilines is 1. The summed E-state index contributed by atoms with van der Waals surface area (Å²) in [6, 6.07) is 5.27. The molecule has 3 amide bonds. The van der Waals surface area contributed by atoms with Gasteiger partial charge in [-0.1, -0.05) is 26.0 Å². The molecular formula is C23H32N4O5S. The minimum Gasteiger partial charge on any atom is -0.508 e. The van der Waals surface area contributed by atoms with Gasteiger partial charge in [0.25, 0.3) is 0 Å². The number of phenols is 1. The zero-order chi connectivity index (χ0) is 24.2. The molecule has 33 heavy (non-hydrogen) atoms. The van der Waals surface area contributed by atoms with Gasteiger partial charge < -0.3 is 25.4 Å². The standard InChI is InChI=1S/C23H32N4O5S/c1-16(2)10-11-24-22(31)21(17-4-6-18(28)7-5-17)27(13-14-32-3)20(30)9-8-19(29)26-23-25-12-15-33-23/h4-7,12,15-16,21,28H,8-11,13-14H2,1-3H3,(H,24,31)(H,25,26,29)/t21-/m1/s1. The molecule has 0 fully saturated rings. The lowest BCUT2D eigenvalue weighted by Crippen LogP contribution is -2.45. The van der Waals surface area contributed by atoms with Gasteiger partial charge in [0.15, 0.2) is 5.13 Å². The van der Waals surface area contributed by atoms with Gasteiger partial charge in [0.2, 0.25) is 17.7 Å². The van der Waals surface area contributed by atoms with Crippen LogP contribution in [0.25, 0.3) is 0 Å². The number of carbonyl (C=O) groups excluding carboxylic acids is 3. The van der Waals surface area contributed by atoms with Crippen LogP contribution in [0, 0.1) is 5.92 Å². The Kier molecular flexibility index (Phi) is 10.8. The lowest BCUT2D eigenvalue weighted by atomic mass is 10.0. The van der Waals surface area contributed by atoms with Crippen LogP contribution in [0.1, 0.15) is 44.7 Å². The maximum Gasteiger partial charge on any atom is 0.247 e. The van der Waals surface area contributed by atoms with Crippen molar-refractivity contribution in [3.63, 3.8) is 0 Å². The van der Waals surface area contributed by atoms with Crippen molar-refractivity contribution in [1.82, 2.24) is 15.2 Å². The Morgan fingerprint density at radius 3 is 2.52 bits per heavy atom. The van der Waals surface area contributed by atoms with Crippen LogP contribution in [0.3, 0.4) is 0 Å². The number of methoxy groups -OCH3 is 1. The van der Waals surface area contributed by atoms with Crippen molar-refractivity contribution in [2.75, 3.05) is 32.1 Å². The monoisotopic (exact) mass is 476 g/mol. The topological polar surface area (TPSA) is 121 Å². The van der Waals surface area contributed by atoms with Crippen LogP contribution in [0.2, 0.25) is 0 Å². The Morgan fingerprint density at radius 2 is 1.91 bits per heavy atom. The van der Waals surface area contributed by atoms with Gasteiger partial charge in [-0.25, -0.2) is 4.98 Å². The Morgan fingerprint density at radius 1 is 1.18 bits per heavy atom. The number of hydrogen-bond acceptors (Lipinski definition) is 7. The summed E-state index contributed by atoms with van der Waals surface area (Å²) >= 11 is 1.29. The number of nitrogens with zero attached hydrogens (tertiary/aromatic N) is 2. The van der Waals surface area contributed by atoms with Gasteiger partial charge in [-0.15, -0.1) is 11.3 Å². The number of aromatic hydroxyl groups is 1. The number of carbonyl (C=O) groups is 3. The quantitative estimate of drug-likeness (QED) is 0.409. The number of benzene rings is 1. The second-order valence-electron chi connectivity index (χ2n) is 7.93. The molecule has 0 unspecified atom stereocenters. The van der Waals surface area contributed by atoms with E-state index in [-0.39, 0.29) is 49.5 Å². The molecule has 0 aliphatic rings. The molecular weight excluding hydrogens is 444 g/mol. The van der Waals surface area contributed by atoms with Gasteiger partial charge in [-0.05, 0) is 30.0 Å². The summed E-state index contributed by atoms with van der Waals surface area (Å²) in [5.74, 6) is -0.518. The highest BCUT2D eigenvalue weighted by Crippen LogP contribution is 2.25. The van der Waals surface area contributed by atoms with E-state index in [1.165, 1.54) is 35.5 Å². The zero-order valence-electron chi connectivity index (χ0n) is 19.2. The number of aromatic nitrogens is 1. The van der Waals surface area contributed by atoms with Crippen LogP contribution in [-0.2, 0) is 19.1 Å². The van der Waals surface area contributed by atoms with Crippen LogP contribution in [0.15, 0.2) is 35.8 Å². The summed E-state index contributed by atoms with van der Waals surface area (Å²) in [7, 11) is 1.52. The first-order valence-corrected chi connectivity index (χ1v) is 11.7. The lowest BCUT2D eigenvalue weighted by molar-refractivity contribution is -0.142. The highest BCUT2D eigenvalue weighted by atomic mass is 32.1. The molecule has 180 valence electrons. The molecule has 0 radical (unpaired) electrons. The molecule has 0 spiro atoms. The molecule has 2 rings (SSSR count). The van der Waals surface area contributed by atoms with Gasteiger partial charge >= 0.3 is 0 Å². The number of nitrogens with one attached hydrogen (secondary N) is 2. The van der Waals surface area contributed by atoms with E-state index in [4.69, 9.17) is 4.74 Å². The number of rotatable bonds is 13. The number of phenolic OH excluding ortho intramolecular Hbond substituents is 1. The summed E-state index contributed by atoms with van der Waals surface area (Å²) in [6.07, 6.45) is 2.27. The third-order valence-corrected chi connectivity index (χ3v) is 5.58. The van der Waals surface area contributed by atoms with E-state index in [1.54, 1.807) is 23.7 Å². The van der Waals surface area contributed by atoms with E-state index >= 15 is 0 Å². The largest absolute Gasteiger partial charge is 0.508 e. The Balaban J connectivity index is 2.18. The van der Waals surface area contributed by atoms with Crippen LogP contribution in [-0.4, -0.2) is 59.5 Å². The molecule has 1 aromatic heterocycles. The van der Waals surface area contributed by atoms with Crippen molar-refractivity contribution in [1.29, 1.82) is 0 Å². The van der Waals surface area contributed by atoms with E-state index in [0.717, 1.165) is 6.42 Å². The lowest BCUT2D eigenvalue weighted by Gasteiger charge is -2.31. The van der Waals surface area contributed by atoms with E-state index in [1.807, 2.05) is 0 Å². The summed E-state index contributed by atoms with van der Waals surface area (Å²) in [5.41, 5.74) is 0.562. The van der Waals surface area contributed by atoms with Crippen molar-refractivity contribution < 1.29 is 24.2 Å². The normalized spacial score (nSPS) is 11.8. The molecule has 10 heteroatoms. The van der Waals surface area contributed by atoms with Crippen LogP contribution in [0.4, 0.5) is 5.13 Å². The predicted molar refractivity (Wildman–Crippen MR) is 127 cm³/mol. The third-order valence-electron chi connectivity index (χ3n) is 4.89. The summed E-state index contributed by atoms with van der Waals surface area (Å²) < 4.78 is 5.16. The molecule has 2 aromatic rings. The van der Waals surface area contributed by atoms with E-state index in [2.05, 4.69) is 29.5 Å². The average Bonchev–Trinajstić information content (AvgIpc) is 3.28. The highest BCUT2D eigenvalue weighted by molar-refractivity contribution is 7.13. The van der Waals surface area contributed by atoms with Gasteiger partial charge in [-0.2, -0.15) is 0 Å². The SMILES string of the molecule is COCCN(C(=O)CCC(=O)Nc1nccs1)[C@@H](C(=O)NCCC(C)C)c1ccc(O)cc1. The van der Waals surface area contributed by atoms with Crippen molar-refractivity contribution in [2.45, 2.75) is 39.2 Å². The second-order valence-corrected chi connectivity index (χ2v) is 8.83. The van der Waals surface area contributed by atoms with Gasteiger partial charge in [0.05, 0.1) is 6.61 Å². The first-order chi connectivity index (χ1) is 15.8. The Bertz CT molecular complexity index is 887. The summed E-state index contributed by atoms with van der Waals surface area (Å²) in [6.45, 7) is 5.01. The highest BCUT2D eigenvalue weighted by Gasteiger charge is 2.31. The first kappa shape index (κ1) is 26.3. The van der Waals surface area contributed by atoms with Crippen LogP contribution >= 0.6 is 11.3 Å². The smallest absolute Gasteiger partial charge is 0.247 e. The number of amides is 3. The molecule has 0 bridgehead atoms. The van der Waals surface area contributed by atoms with Crippen molar-refractivity contribution in [2.24, 2.45) is 5.92 Å². The summed E-state index contributed by atoms with van der Waals surface area (Å²) in [4.78, 5) is 44.0. The average molecular weight is 477 g/mol. The molecule has 3 N–H and O–H groups in total. The fourth-order valence-electron chi connectivity index (χ4n) is 3.13. The van der Waals surface area contributed by atoms with Gasteiger partial charge in [0.1, 0.15) is 11.8 Å². The van der Waals surface area contributed by atoms with Gasteiger partial charge in [0, 0.05) is 44.6 Å². The first-order valence-electron chi connectivity index (χ1n) is 10.9. The van der Waals surface area contributed by atoms with Crippen molar-refractivity contribution >= 4 is 34.2 Å². The maximum absolute atomic E-state index is 13.2. The van der Waals surface area contributed by atoms with E-state index < -0.39 is 6.04 Å². The third kappa shape index (κ3) is 8.82. The number of ether oxygens (including phenoxy) is 1. The molecule has 0 aliphatic carbocycles. The minimum atomic E-state index is -0.914. The van der Waals surface area contributed by atoms with Crippen molar-refractivity contribution in [3.8, 4) is 5.75 Å². The maximum atomic E-state index is 13.2. The molecule has 0 aliphatic heterocycles. The Hall–Kier alpha value is -2.98. The molecule has 9 nitrogen and oxygen atoms in total. The zero-order valence-corrected chi connectivity index (χ0v) is 20.1. The fraction of sp³-hybridized carbons (Fsp3) is 0.478. The Labute approximate surface area is 198 Å². The fourth-order valence-corrected chi connectivity index (χ4v) is 3.67. The van der Waals surface area contributed by atoms with Crippen LogP contribution in [0.5, 0.6) is 5.75 Å². The summed E-state index contributed by atoms with van der Waals surface area (Å²) in [5, 5.41) is 17.4. The second kappa shape index (κ2) is 13.5. The molecule has 0 saturated heterocycles. The molecule has 1 atom stereocenters. The van der Waals surface area contributed by atoms with Crippen LogP contribution < -0.4 is 10.6 Å². The van der Waals surface area contributed by atoms with E-state index in [9.17, 15) is 19.5 Å². The van der Waals surface area contributed by atoms with Gasteiger partial charge in [-0.3, -0.25) is 14.4 Å². The van der Waals surface area contributed by atoms with Crippen molar-refractivity contribution in [3.05, 3.63) is 41.4 Å². The molecule has 0 saturated carbocycles. The number of thiazole rings is 1. The molecule has 1 heterocycles. The predicted octanol–water partition coefficient (Wildman–Crippen LogP) is 2.95. The molecule has 1 aromatic carbocycles.